The van der Waals surface area contributed by atoms with Crippen LogP contribution < -0.4 is 25.2 Å². The molecule has 2 fully saturated rings. The standard InChI is InChI=1S/C32H37N7O4/c1-5-10-29(34-23-15-27(39(41)42)26(16-28(23)43-4)37-13-7-8-14-37)35-31(20(6-2)24-17-33-24)22-18-38-19-30(40)36(3)25-12-9-11-21(22)32(25)38/h5-6,9,11-12,15-16,18,24,29,33-34H,1,7-8,10,13-14,17,19H2,2-4H3/b20-6-,35-31+. The van der Waals surface area contributed by atoms with Crippen LogP contribution in [0.1, 0.15) is 31.7 Å². The maximum atomic E-state index is 12.8. The first-order valence-corrected chi connectivity index (χ1v) is 14.7. The molecule has 0 aliphatic carbocycles. The summed E-state index contributed by atoms with van der Waals surface area (Å²) >= 11 is 0. The summed E-state index contributed by atoms with van der Waals surface area (Å²) in [7, 11) is 3.37. The summed E-state index contributed by atoms with van der Waals surface area (Å²) in [6.07, 6.45) is 7.86. The first kappa shape index (κ1) is 28.5. The van der Waals surface area contributed by atoms with Gasteiger partial charge < -0.3 is 29.7 Å². The lowest BCUT2D eigenvalue weighted by Gasteiger charge is -2.24. The first-order chi connectivity index (χ1) is 20.8. The molecule has 2 saturated heterocycles. The zero-order valence-corrected chi connectivity index (χ0v) is 24.8. The highest BCUT2D eigenvalue weighted by atomic mass is 16.6. The van der Waals surface area contributed by atoms with E-state index in [2.05, 4.69) is 29.4 Å². The third kappa shape index (κ3) is 5.25. The minimum absolute atomic E-state index is 0.0213. The van der Waals surface area contributed by atoms with Gasteiger partial charge in [0.2, 0.25) is 5.91 Å². The number of nitrogens with zero attached hydrogens (tertiary/aromatic N) is 5. The lowest BCUT2D eigenvalue weighted by Crippen LogP contribution is -2.33. The number of aliphatic imine (C=N–C) groups is 1. The van der Waals surface area contributed by atoms with Crippen molar-refractivity contribution in [2.24, 2.45) is 4.99 Å². The molecule has 1 aromatic heterocycles. The second-order valence-electron chi connectivity index (χ2n) is 11.2. The van der Waals surface area contributed by atoms with Gasteiger partial charge in [-0.25, -0.2) is 0 Å². The Morgan fingerprint density at radius 2 is 2.07 bits per heavy atom. The van der Waals surface area contributed by atoms with Crippen LogP contribution in [-0.4, -0.2) is 67.1 Å². The van der Waals surface area contributed by atoms with Gasteiger partial charge in [-0.15, -0.1) is 6.58 Å². The molecular formula is C32H37N7O4. The summed E-state index contributed by atoms with van der Waals surface area (Å²) in [5.41, 5.74) is 5.74. The average molecular weight is 584 g/mol. The molecule has 1 amide bonds. The molecule has 3 aliphatic heterocycles. The molecular weight excluding hydrogens is 546 g/mol. The zero-order chi connectivity index (χ0) is 30.2. The molecule has 0 saturated carbocycles. The van der Waals surface area contributed by atoms with Gasteiger partial charge in [-0.2, -0.15) is 0 Å². The van der Waals surface area contributed by atoms with E-state index < -0.39 is 6.17 Å². The van der Waals surface area contributed by atoms with Gasteiger partial charge >= 0.3 is 0 Å². The van der Waals surface area contributed by atoms with E-state index >= 15 is 0 Å². The maximum Gasteiger partial charge on any atom is 0.294 e. The van der Waals surface area contributed by atoms with Crippen LogP contribution in [0.15, 0.2) is 65.8 Å². The van der Waals surface area contributed by atoms with Gasteiger partial charge in [-0.05, 0) is 31.4 Å². The molecule has 0 spiro atoms. The molecule has 0 radical (unpaired) electrons. The van der Waals surface area contributed by atoms with Crippen LogP contribution in [0.4, 0.5) is 22.7 Å². The molecule has 6 rings (SSSR count). The molecule has 3 aliphatic rings. The zero-order valence-electron chi connectivity index (χ0n) is 24.8. The van der Waals surface area contributed by atoms with E-state index in [4.69, 9.17) is 9.73 Å². The van der Waals surface area contributed by atoms with E-state index in [1.165, 1.54) is 0 Å². The van der Waals surface area contributed by atoms with E-state index in [0.717, 1.165) is 65.9 Å². The molecule has 2 atom stereocenters. The van der Waals surface area contributed by atoms with E-state index in [-0.39, 0.29) is 29.1 Å². The van der Waals surface area contributed by atoms with Crippen molar-refractivity contribution in [3.8, 4) is 5.75 Å². The Hall–Kier alpha value is -4.64. The monoisotopic (exact) mass is 583 g/mol. The van der Waals surface area contributed by atoms with Crippen molar-refractivity contribution < 1.29 is 14.5 Å². The van der Waals surface area contributed by atoms with Gasteiger partial charge in [-0.3, -0.25) is 19.9 Å². The lowest BCUT2D eigenvalue weighted by atomic mass is 9.98. The van der Waals surface area contributed by atoms with Gasteiger partial charge in [0.25, 0.3) is 5.69 Å². The largest absolute Gasteiger partial charge is 0.495 e. The number of ether oxygens (including phenoxy) is 1. The number of aromatic nitrogens is 1. The van der Waals surface area contributed by atoms with Crippen LogP contribution in [0.25, 0.3) is 10.9 Å². The Morgan fingerprint density at radius 1 is 1.30 bits per heavy atom. The summed E-state index contributed by atoms with van der Waals surface area (Å²) in [6, 6.07) is 9.47. The van der Waals surface area contributed by atoms with Crippen molar-refractivity contribution in [3.63, 3.8) is 0 Å². The summed E-state index contributed by atoms with van der Waals surface area (Å²) in [6.45, 7) is 8.63. The fourth-order valence-corrected chi connectivity index (χ4v) is 6.23. The number of carbonyl (C=O) groups excluding carboxylic acids is 1. The Morgan fingerprint density at radius 3 is 2.72 bits per heavy atom. The third-order valence-corrected chi connectivity index (χ3v) is 8.48. The van der Waals surface area contributed by atoms with Gasteiger partial charge in [0.05, 0.1) is 34.6 Å². The fraction of sp³-hybridized carbons (Fsp3) is 0.375. The topological polar surface area (TPSA) is 127 Å². The van der Waals surface area contributed by atoms with E-state index in [0.29, 0.717) is 23.5 Å². The summed E-state index contributed by atoms with van der Waals surface area (Å²) in [4.78, 5) is 33.6. The van der Waals surface area contributed by atoms with Gasteiger partial charge in [0.15, 0.2) is 0 Å². The first-order valence-electron chi connectivity index (χ1n) is 14.7. The van der Waals surface area contributed by atoms with E-state index in [1.807, 2.05) is 34.7 Å². The molecule has 224 valence electrons. The number of benzene rings is 2. The predicted molar refractivity (Wildman–Crippen MR) is 171 cm³/mol. The van der Waals surface area contributed by atoms with Crippen LogP contribution in [0.5, 0.6) is 5.75 Å². The number of nitro groups is 1. The van der Waals surface area contributed by atoms with Crippen molar-refractivity contribution in [1.82, 2.24) is 9.88 Å². The van der Waals surface area contributed by atoms with Crippen molar-refractivity contribution in [2.45, 2.75) is 44.9 Å². The minimum Gasteiger partial charge on any atom is -0.495 e. The summed E-state index contributed by atoms with van der Waals surface area (Å²) in [5, 5.41) is 20.0. The quantitative estimate of drug-likeness (QED) is 0.109. The van der Waals surface area contributed by atoms with Crippen molar-refractivity contribution in [3.05, 3.63) is 76.5 Å². The fourth-order valence-electron chi connectivity index (χ4n) is 6.23. The molecule has 11 nitrogen and oxygen atoms in total. The number of nitro benzene ring substituents is 1. The number of nitrogens with one attached hydrogen (secondary N) is 2. The number of likely N-dealkylation sites (N-methyl/N-ethyl adjacent to an activating group) is 1. The van der Waals surface area contributed by atoms with Crippen LogP contribution in [-0.2, 0) is 11.3 Å². The Balaban J connectivity index is 1.46. The number of carbonyl (C=O) groups is 1. The molecule has 2 N–H and O–H groups in total. The summed E-state index contributed by atoms with van der Waals surface area (Å²) < 4.78 is 7.74. The Bertz CT molecular complexity index is 1660. The average Bonchev–Trinajstić information content (AvgIpc) is 3.55. The van der Waals surface area contributed by atoms with Gasteiger partial charge in [0, 0.05) is 68.4 Å². The van der Waals surface area contributed by atoms with Crippen molar-refractivity contribution in [1.29, 1.82) is 0 Å². The van der Waals surface area contributed by atoms with Crippen LogP contribution >= 0.6 is 0 Å². The number of hydrogen-bond donors (Lipinski definition) is 2. The highest BCUT2D eigenvalue weighted by molar-refractivity contribution is 6.22. The molecule has 11 heteroatoms. The predicted octanol–water partition coefficient (Wildman–Crippen LogP) is 4.86. The number of anilines is 3. The molecule has 43 heavy (non-hydrogen) atoms. The molecule has 4 heterocycles. The summed E-state index contributed by atoms with van der Waals surface area (Å²) in [5.74, 6) is 0.537. The number of amides is 1. The number of hydrogen-bond acceptors (Lipinski definition) is 8. The minimum atomic E-state index is -0.497. The van der Waals surface area contributed by atoms with Crippen LogP contribution in [0.3, 0.4) is 0 Å². The Labute approximate surface area is 250 Å². The van der Waals surface area contributed by atoms with Gasteiger partial charge in [0.1, 0.15) is 24.1 Å². The SMILES string of the molecule is C=CCC(/N=C(\C(=C/C)C1CN1)c1cn2c3c(cccc13)N(C)C(=O)C2)Nc1cc([N+](=O)[O-])c(N2CCCC2)cc1OC. The number of para-hydroxylation sites is 1. The van der Waals surface area contributed by atoms with Crippen molar-refractivity contribution >= 4 is 45.3 Å². The lowest BCUT2D eigenvalue weighted by molar-refractivity contribution is -0.384. The molecule has 3 aromatic rings. The Kier molecular flexibility index (Phi) is 7.66. The number of methoxy groups -OCH3 is 1. The second-order valence-corrected chi connectivity index (χ2v) is 11.2. The molecule has 2 aromatic carbocycles. The maximum absolute atomic E-state index is 12.8. The smallest absolute Gasteiger partial charge is 0.294 e. The highest BCUT2D eigenvalue weighted by Gasteiger charge is 2.33. The number of allylic oxidation sites excluding steroid dienone is 1. The van der Waals surface area contributed by atoms with Gasteiger partial charge in [-0.1, -0.05) is 24.3 Å². The van der Waals surface area contributed by atoms with Crippen molar-refractivity contribution in [2.75, 3.05) is 48.9 Å². The highest BCUT2D eigenvalue weighted by Crippen LogP contribution is 2.40. The second kappa shape index (κ2) is 11.6. The van der Waals surface area contributed by atoms with Crippen LogP contribution in [0, 0.1) is 10.1 Å². The van der Waals surface area contributed by atoms with E-state index in [9.17, 15) is 14.9 Å². The van der Waals surface area contributed by atoms with Crippen LogP contribution in [0.2, 0.25) is 0 Å². The van der Waals surface area contributed by atoms with E-state index in [1.54, 1.807) is 37.3 Å². The molecule has 2 unspecified atom stereocenters. The molecule has 0 bridgehead atoms. The number of rotatable bonds is 11. The normalized spacial score (nSPS) is 19.1. The third-order valence-electron chi connectivity index (χ3n) is 8.48.